The normalized spacial score (nSPS) is 14.7. The van der Waals surface area contributed by atoms with Gasteiger partial charge in [-0.15, -0.1) is 10.2 Å². The van der Waals surface area contributed by atoms with Gasteiger partial charge in [-0.05, 0) is 12.0 Å². The number of hydrogen-bond acceptors (Lipinski definition) is 5. The van der Waals surface area contributed by atoms with Gasteiger partial charge in [-0.25, -0.2) is 0 Å². The zero-order valence-electron chi connectivity index (χ0n) is 15.2. The Morgan fingerprint density at radius 3 is 2.31 bits per heavy atom. The second kappa shape index (κ2) is 8.12. The van der Waals surface area contributed by atoms with E-state index in [1.54, 1.807) is 4.90 Å². The van der Waals surface area contributed by atoms with E-state index in [9.17, 15) is 9.59 Å². The summed E-state index contributed by atoms with van der Waals surface area (Å²) in [5.74, 6) is 0.436. The van der Waals surface area contributed by atoms with Crippen LogP contribution in [0, 0.1) is 0 Å². The van der Waals surface area contributed by atoms with Gasteiger partial charge in [0.15, 0.2) is 0 Å². The van der Waals surface area contributed by atoms with E-state index < -0.39 is 0 Å². The molecular weight excluding hydrogens is 332 g/mol. The van der Waals surface area contributed by atoms with E-state index in [1.807, 2.05) is 49.1 Å². The first-order chi connectivity index (χ1) is 12.5. The first kappa shape index (κ1) is 18.1. The van der Waals surface area contributed by atoms with Crippen molar-refractivity contribution >= 4 is 11.8 Å². The molecule has 0 atom stereocenters. The van der Waals surface area contributed by atoms with E-state index >= 15 is 0 Å². The van der Waals surface area contributed by atoms with Crippen LogP contribution in [-0.4, -0.2) is 58.0 Å². The second-order valence-electron chi connectivity index (χ2n) is 6.76. The van der Waals surface area contributed by atoms with Crippen LogP contribution in [-0.2, 0) is 11.2 Å². The maximum Gasteiger partial charge on any atom is 0.311 e. The summed E-state index contributed by atoms with van der Waals surface area (Å²) in [6.07, 6.45) is 1.22. The molecule has 1 saturated heterocycles. The van der Waals surface area contributed by atoms with E-state index in [0.717, 1.165) is 12.0 Å². The first-order valence-electron chi connectivity index (χ1n) is 8.99. The molecule has 1 aromatic heterocycles. The maximum atomic E-state index is 12.4. The number of benzene rings is 1. The molecule has 2 amide bonds. The highest BCUT2D eigenvalue weighted by molar-refractivity contribution is 5.89. The summed E-state index contributed by atoms with van der Waals surface area (Å²) in [5.41, 5.74) is 1.16. The lowest BCUT2D eigenvalue weighted by atomic mass is 10.1. The van der Waals surface area contributed by atoms with Gasteiger partial charge >= 0.3 is 11.8 Å². The summed E-state index contributed by atoms with van der Waals surface area (Å²) in [6, 6.07) is 9.98. The lowest BCUT2D eigenvalue weighted by molar-refractivity contribution is -0.132. The van der Waals surface area contributed by atoms with Crippen molar-refractivity contribution in [3.05, 3.63) is 47.7 Å². The average molecular weight is 356 g/mol. The zero-order valence-corrected chi connectivity index (χ0v) is 15.2. The Hall–Kier alpha value is -2.70. The van der Waals surface area contributed by atoms with E-state index in [-0.39, 0.29) is 23.6 Å². The highest BCUT2D eigenvalue weighted by atomic mass is 16.4. The Balaban J connectivity index is 1.48. The second-order valence-corrected chi connectivity index (χ2v) is 6.76. The summed E-state index contributed by atoms with van der Waals surface area (Å²) >= 11 is 0. The molecule has 0 N–H and O–H groups in total. The van der Waals surface area contributed by atoms with Crippen molar-refractivity contribution in [1.82, 2.24) is 20.0 Å². The largest absolute Gasteiger partial charge is 0.417 e. The van der Waals surface area contributed by atoms with Crippen molar-refractivity contribution in [2.75, 3.05) is 26.2 Å². The minimum atomic E-state index is -0.263. The number of rotatable bonds is 5. The smallest absolute Gasteiger partial charge is 0.311 e. The summed E-state index contributed by atoms with van der Waals surface area (Å²) < 4.78 is 5.43. The Kier molecular flexibility index (Phi) is 5.65. The van der Waals surface area contributed by atoms with Gasteiger partial charge in [0.2, 0.25) is 11.8 Å². The van der Waals surface area contributed by atoms with Crippen LogP contribution >= 0.6 is 0 Å². The van der Waals surface area contributed by atoms with Gasteiger partial charge in [0, 0.05) is 38.5 Å². The summed E-state index contributed by atoms with van der Waals surface area (Å²) in [6.45, 7) is 5.89. The number of aromatic nitrogens is 2. The molecular formula is C19H24N4O3. The van der Waals surface area contributed by atoms with Crippen LogP contribution in [0.15, 0.2) is 34.7 Å². The topological polar surface area (TPSA) is 79.5 Å². The van der Waals surface area contributed by atoms with Crippen LogP contribution in [0.2, 0.25) is 0 Å². The van der Waals surface area contributed by atoms with Crippen LogP contribution < -0.4 is 0 Å². The lowest BCUT2D eigenvalue weighted by Gasteiger charge is -2.34. The Bertz CT molecular complexity index is 749. The molecule has 0 unspecified atom stereocenters. The van der Waals surface area contributed by atoms with Gasteiger partial charge in [0.25, 0.3) is 0 Å². The van der Waals surface area contributed by atoms with E-state index in [4.69, 9.17) is 4.42 Å². The van der Waals surface area contributed by atoms with Crippen LogP contribution in [0.25, 0.3) is 0 Å². The van der Waals surface area contributed by atoms with Crippen molar-refractivity contribution in [3.8, 4) is 0 Å². The molecule has 3 rings (SSSR count). The molecule has 0 saturated carbocycles. The summed E-state index contributed by atoms with van der Waals surface area (Å²) in [5, 5.41) is 7.74. The third-order valence-corrected chi connectivity index (χ3v) is 4.51. The molecule has 7 nitrogen and oxygen atoms in total. The predicted molar refractivity (Wildman–Crippen MR) is 95.6 cm³/mol. The third kappa shape index (κ3) is 4.28. The van der Waals surface area contributed by atoms with Crippen molar-refractivity contribution in [3.63, 3.8) is 0 Å². The number of carbonyl (C=O) groups excluding carboxylic acids is 2. The molecule has 2 heterocycles. The maximum absolute atomic E-state index is 12.4. The van der Waals surface area contributed by atoms with Crippen molar-refractivity contribution in [2.45, 2.75) is 32.6 Å². The lowest BCUT2D eigenvalue weighted by Crippen LogP contribution is -2.50. The highest BCUT2D eigenvalue weighted by Crippen LogP contribution is 2.15. The van der Waals surface area contributed by atoms with E-state index in [1.165, 1.54) is 0 Å². The highest BCUT2D eigenvalue weighted by Gasteiger charge is 2.28. The minimum absolute atomic E-state index is 0.0255. The number of carbonyl (C=O) groups is 2. The summed E-state index contributed by atoms with van der Waals surface area (Å²) in [7, 11) is 0. The number of amides is 2. The van der Waals surface area contributed by atoms with Crippen molar-refractivity contribution in [2.24, 2.45) is 0 Å². The fourth-order valence-electron chi connectivity index (χ4n) is 2.90. The van der Waals surface area contributed by atoms with Gasteiger partial charge in [0.05, 0.1) is 0 Å². The molecule has 0 radical (unpaired) electrons. The molecule has 26 heavy (non-hydrogen) atoms. The van der Waals surface area contributed by atoms with Gasteiger partial charge in [-0.2, -0.15) is 0 Å². The fourth-order valence-corrected chi connectivity index (χ4v) is 2.90. The standard InChI is InChI=1S/C19H24N4O3/c1-14(2)17-20-21-18(26-17)19(25)23-12-10-22(11-13-23)16(24)9-8-15-6-4-3-5-7-15/h3-7,14H,8-13H2,1-2H3. The van der Waals surface area contributed by atoms with Crippen LogP contribution in [0.5, 0.6) is 0 Å². The van der Waals surface area contributed by atoms with Gasteiger partial charge in [-0.3, -0.25) is 9.59 Å². The fraction of sp³-hybridized carbons (Fsp3) is 0.474. The zero-order chi connectivity index (χ0) is 18.5. The van der Waals surface area contributed by atoms with Crippen LogP contribution in [0.1, 0.15) is 48.3 Å². The number of aryl methyl sites for hydroxylation is 1. The van der Waals surface area contributed by atoms with Crippen molar-refractivity contribution in [1.29, 1.82) is 0 Å². The van der Waals surface area contributed by atoms with Crippen LogP contribution in [0.4, 0.5) is 0 Å². The minimum Gasteiger partial charge on any atom is -0.417 e. The predicted octanol–water partition coefficient (Wildman–Crippen LogP) is 2.11. The molecule has 0 bridgehead atoms. The Morgan fingerprint density at radius 2 is 1.69 bits per heavy atom. The van der Waals surface area contributed by atoms with Crippen LogP contribution in [0.3, 0.4) is 0 Å². The average Bonchev–Trinajstić information content (AvgIpc) is 3.17. The summed E-state index contributed by atoms with van der Waals surface area (Å²) in [4.78, 5) is 28.3. The Labute approximate surface area is 153 Å². The molecule has 1 aromatic carbocycles. The van der Waals surface area contributed by atoms with E-state index in [2.05, 4.69) is 10.2 Å². The monoisotopic (exact) mass is 356 g/mol. The van der Waals surface area contributed by atoms with Gasteiger partial charge in [-0.1, -0.05) is 44.2 Å². The molecule has 1 aliphatic rings. The quantitative estimate of drug-likeness (QED) is 0.820. The Morgan fingerprint density at radius 1 is 1.04 bits per heavy atom. The van der Waals surface area contributed by atoms with Crippen molar-refractivity contribution < 1.29 is 14.0 Å². The third-order valence-electron chi connectivity index (χ3n) is 4.51. The molecule has 7 heteroatoms. The molecule has 0 spiro atoms. The molecule has 1 aliphatic heterocycles. The molecule has 0 aliphatic carbocycles. The molecule has 1 fully saturated rings. The number of piperazine rings is 1. The molecule has 138 valence electrons. The number of hydrogen-bond donors (Lipinski definition) is 0. The SMILES string of the molecule is CC(C)c1nnc(C(=O)N2CCN(C(=O)CCc3ccccc3)CC2)o1. The first-order valence-corrected chi connectivity index (χ1v) is 8.99. The van der Waals surface area contributed by atoms with Gasteiger partial charge < -0.3 is 14.2 Å². The molecule has 2 aromatic rings. The van der Waals surface area contributed by atoms with E-state index in [0.29, 0.717) is 38.5 Å². The number of nitrogens with zero attached hydrogens (tertiary/aromatic N) is 4. The van der Waals surface area contributed by atoms with Gasteiger partial charge in [0.1, 0.15) is 0 Å².